The number of benzene rings is 3. The van der Waals surface area contributed by atoms with Gasteiger partial charge in [0, 0.05) is 16.0 Å². The number of methoxy groups -OCH3 is 2. The van der Waals surface area contributed by atoms with Crippen LogP contribution in [-0.4, -0.2) is 31.6 Å². The lowest BCUT2D eigenvalue weighted by Crippen LogP contribution is -2.18. The molecule has 0 aromatic heterocycles. The predicted molar refractivity (Wildman–Crippen MR) is 125 cm³/mol. The summed E-state index contributed by atoms with van der Waals surface area (Å²) in [7, 11) is 1.86. The molecule has 3 aromatic carbocycles. The van der Waals surface area contributed by atoms with Gasteiger partial charge in [-0.05, 0) is 67.8 Å². The molecule has 0 saturated carbocycles. The lowest BCUT2D eigenvalue weighted by Gasteiger charge is -2.27. The SMILES string of the molecule is COc1ccc(-c2c(OC)cc(C)cc2S(=O)c2ccc(C)cc2)c(C2OCCCO2)c1. The molecule has 1 saturated heterocycles. The lowest BCUT2D eigenvalue weighted by atomic mass is 9.96. The van der Waals surface area contributed by atoms with Crippen molar-refractivity contribution >= 4 is 10.8 Å². The van der Waals surface area contributed by atoms with Gasteiger partial charge in [-0.3, -0.25) is 0 Å². The first-order valence-electron chi connectivity index (χ1n) is 10.6. The van der Waals surface area contributed by atoms with Gasteiger partial charge in [0.05, 0.1) is 43.1 Å². The molecule has 6 heteroatoms. The Kier molecular flexibility index (Phi) is 6.94. The van der Waals surface area contributed by atoms with E-state index in [1.165, 1.54) is 0 Å². The first kappa shape index (κ1) is 22.5. The fourth-order valence-corrected chi connectivity index (χ4v) is 5.17. The van der Waals surface area contributed by atoms with E-state index in [1.807, 2.05) is 68.4 Å². The molecule has 3 aromatic rings. The normalized spacial score (nSPS) is 15.4. The highest BCUT2D eigenvalue weighted by atomic mass is 32.2. The van der Waals surface area contributed by atoms with Gasteiger partial charge in [-0.1, -0.05) is 23.8 Å². The maximum absolute atomic E-state index is 13.8. The summed E-state index contributed by atoms with van der Waals surface area (Å²) in [5.41, 5.74) is 4.55. The van der Waals surface area contributed by atoms with Gasteiger partial charge in [-0.15, -0.1) is 0 Å². The topological polar surface area (TPSA) is 54.0 Å². The highest BCUT2D eigenvalue weighted by Crippen LogP contribution is 2.43. The maximum Gasteiger partial charge on any atom is 0.184 e. The van der Waals surface area contributed by atoms with Crippen LogP contribution in [0.5, 0.6) is 11.5 Å². The van der Waals surface area contributed by atoms with Gasteiger partial charge in [-0.2, -0.15) is 0 Å². The molecule has 4 rings (SSSR count). The van der Waals surface area contributed by atoms with E-state index in [-0.39, 0.29) is 0 Å². The number of ether oxygens (including phenoxy) is 4. The van der Waals surface area contributed by atoms with E-state index in [0.717, 1.165) is 39.1 Å². The molecule has 0 spiro atoms. The van der Waals surface area contributed by atoms with Crippen molar-refractivity contribution in [1.29, 1.82) is 0 Å². The summed E-state index contributed by atoms with van der Waals surface area (Å²) < 4.78 is 36.9. The second kappa shape index (κ2) is 9.86. The molecule has 0 aliphatic carbocycles. The zero-order valence-corrected chi connectivity index (χ0v) is 19.7. The number of hydrogen-bond donors (Lipinski definition) is 0. The van der Waals surface area contributed by atoms with E-state index in [4.69, 9.17) is 18.9 Å². The fourth-order valence-electron chi connectivity index (χ4n) is 3.84. The van der Waals surface area contributed by atoms with Gasteiger partial charge < -0.3 is 18.9 Å². The van der Waals surface area contributed by atoms with E-state index in [1.54, 1.807) is 14.2 Å². The third-order valence-electron chi connectivity index (χ3n) is 5.47. The van der Waals surface area contributed by atoms with Crippen molar-refractivity contribution in [2.45, 2.75) is 36.3 Å². The minimum atomic E-state index is -1.40. The van der Waals surface area contributed by atoms with Crippen LogP contribution in [0.15, 0.2) is 64.4 Å². The molecule has 1 heterocycles. The highest BCUT2D eigenvalue weighted by molar-refractivity contribution is 7.85. The van der Waals surface area contributed by atoms with Crippen LogP contribution in [0.25, 0.3) is 11.1 Å². The Morgan fingerprint density at radius 3 is 2.25 bits per heavy atom. The van der Waals surface area contributed by atoms with Crippen LogP contribution in [0.4, 0.5) is 0 Å². The van der Waals surface area contributed by atoms with E-state index in [0.29, 0.717) is 29.6 Å². The monoisotopic (exact) mass is 452 g/mol. The fraction of sp³-hybridized carbons (Fsp3) is 0.308. The van der Waals surface area contributed by atoms with E-state index in [2.05, 4.69) is 0 Å². The average molecular weight is 453 g/mol. The summed E-state index contributed by atoms with van der Waals surface area (Å²) in [4.78, 5) is 1.43. The van der Waals surface area contributed by atoms with Crippen LogP contribution in [0.1, 0.15) is 29.4 Å². The van der Waals surface area contributed by atoms with Crippen molar-refractivity contribution in [1.82, 2.24) is 0 Å². The predicted octanol–water partition coefficient (Wildman–Crippen LogP) is 5.59. The van der Waals surface area contributed by atoms with Crippen molar-refractivity contribution in [2.75, 3.05) is 27.4 Å². The molecule has 1 fully saturated rings. The molecule has 1 unspecified atom stereocenters. The molecule has 1 atom stereocenters. The molecule has 0 N–H and O–H groups in total. The van der Waals surface area contributed by atoms with Gasteiger partial charge in [0.1, 0.15) is 11.5 Å². The summed E-state index contributed by atoms with van der Waals surface area (Å²) in [5.74, 6) is 1.36. The van der Waals surface area contributed by atoms with E-state index >= 15 is 0 Å². The van der Waals surface area contributed by atoms with Crippen molar-refractivity contribution in [2.24, 2.45) is 0 Å². The second-order valence-electron chi connectivity index (χ2n) is 7.80. The third-order valence-corrected chi connectivity index (χ3v) is 6.90. The van der Waals surface area contributed by atoms with Gasteiger partial charge >= 0.3 is 0 Å². The minimum Gasteiger partial charge on any atom is -0.497 e. The Hall–Kier alpha value is -2.67. The number of aryl methyl sites for hydroxylation is 2. The van der Waals surface area contributed by atoms with Crippen molar-refractivity contribution < 1.29 is 23.2 Å². The average Bonchev–Trinajstić information content (AvgIpc) is 2.83. The molecule has 1 aliphatic heterocycles. The zero-order chi connectivity index (χ0) is 22.7. The first-order valence-corrected chi connectivity index (χ1v) is 11.8. The summed E-state index contributed by atoms with van der Waals surface area (Å²) >= 11 is 0. The molecular weight excluding hydrogens is 424 g/mol. The minimum absolute atomic E-state index is 0.527. The van der Waals surface area contributed by atoms with Crippen LogP contribution >= 0.6 is 0 Å². The smallest absolute Gasteiger partial charge is 0.184 e. The van der Waals surface area contributed by atoms with E-state index in [9.17, 15) is 4.21 Å². The first-order chi connectivity index (χ1) is 15.5. The quantitative estimate of drug-likeness (QED) is 0.488. The Bertz CT molecular complexity index is 1120. The lowest BCUT2D eigenvalue weighted by molar-refractivity contribution is -0.182. The summed E-state index contributed by atoms with van der Waals surface area (Å²) in [6.45, 7) is 5.23. The molecular formula is C26H28O5S. The van der Waals surface area contributed by atoms with Gasteiger partial charge in [0.2, 0.25) is 0 Å². The summed E-state index contributed by atoms with van der Waals surface area (Å²) in [6, 6.07) is 17.5. The Morgan fingerprint density at radius 1 is 0.875 bits per heavy atom. The molecule has 0 radical (unpaired) electrons. The number of hydrogen-bond acceptors (Lipinski definition) is 5. The molecule has 1 aliphatic rings. The van der Waals surface area contributed by atoms with E-state index < -0.39 is 17.1 Å². The van der Waals surface area contributed by atoms with Crippen LogP contribution < -0.4 is 9.47 Å². The van der Waals surface area contributed by atoms with Crippen LogP contribution in [0.3, 0.4) is 0 Å². The van der Waals surface area contributed by atoms with Crippen LogP contribution in [0.2, 0.25) is 0 Å². The Balaban J connectivity index is 1.93. The van der Waals surface area contributed by atoms with Gasteiger partial charge in [0.25, 0.3) is 0 Å². The van der Waals surface area contributed by atoms with Crippen molar-refractivity contribution in [3.63, 3.8) is 0 Å². The Labute approximate surface area is 191 Å². The highest BCUT2D eigenvalue weighted by Gasteiger charge is 2.26. The zero-order valence-electron chi connectivity index (χ0n) is 18.8. The van der Waals surface area contributed by atoms with Gasteiger partial charge in [0.15, 0.2) is 6.29 Å². The molecule has 168 valence electrons. The van der Waals surface area contributed by atoms with Crippen LogP contribution in [-0.2, 0) is 20.3 Å². The maximum atomic E-state index is 13.8. The van der Waals surface area contributed by atoms with Gasteiger partial charge in [-0.25, -0.2) is 4.21 Å². The molecule has 5 nitrogen and oxygen atoms in total. The summed E-state index contributed by atoms with van der Waals surface area (Å²) in [5, 5.41) is 0. The summed E-state index contributed by atoms with van der Waals surface area (Å²) in [6.07, 6.45) is 0.326. The standard InChI is InChI=1S/C26H28O5S/c1-17-6-9-20(10-7-17)32(27)24-15-18(2)14-23(29-4)25(24)21-11-8-19(28-3)16-22(21)26-30-12-5-13-31-26/h6-11,14-16,26H,5,12-13H2,1-4H3. The molecule has 0 amide bonds. The molecule has 32 heavy (non-hydrogen) atoms. The number of rotatable bonds is 6. The largest absolute Gasteiger partial charge is 0.497 e. The molecule has 0 bridgehead atoms. The van der Waals surface area contributed by atoms with Crippen molar-refractivity contribution in [3.8, 4) is 22.6 Å². The van der Waals surface area contributed by atoms with Crippen LogP contribution in [0, 0.1) is 13.8 Å². The van der Waals surface area contributed by atoms with Crippen molar-refractivity contribution in [3.05, 3.63) is 71.3 Å². The second-order valence-corrected chi connectivity index (χ2v) is 9.25. The third kappa shape index (κ3) is 4.58. The Morgan fingerprint density at radius 2 is 1.59 bits per heavy atom.